The third-order valence-electron chi connectivity index (χ3n) is 5.76. The highest BCUT2D eigenvalue weighted by Crippen LogP contribution is 2.47. The molecule has 33 heavy (non-hydrogen) atoms. The first-order valence-corrected chi connectivity index (χ1v) is 11.0. The van der Waals surface area contributed by atoms with Gasteiger partial charge in [0.1, 0.15) is 5.82 Å². The Bertz CT molecular complexity index is 1470. The normalized spacial score (nSPS) is 14.1. The molecule has 9 heteroatoms. The van der Waals surface area contributed by atoms with Crippen molar-refractivity contribution in [2.45, 2.75) is 17.1 Å². The third kappa shape index (κ3) is 3.43. The third-order valence-corrected chi connectivity index (χ3v) is 6.40. The van der Waals surface area contributed by atoms with Crippen LogP contribution in [0.3, 0.4) is 0 Å². The summed E-state index contributed by atoms with van der Waals surface area (Å²) in [7, 11) is 0. The van der Waals surface area contributed by atoms with Gasteiger partial charge in [-0.1, -0.05) is 34.1 Å². The molecular formula is C24H16BrF4N3O. The van der Waals surface area contributed by atoms with Crippen LogP contribution in [0.15, 0.2) is 73.1 Å². The number of nitrogens with one attached hydrogen (secondary N) is 1. The quantitative estimate of drug-likeness (QED) is 0.216. The van der Waals surface area contributed by atoms with Crippen molar-refractivity contribution in [2.24, 2.45) is 0 Å². The first-order chi connectivity index (χ1) is 15.7. The smallest absolute Gasteiger partial charge is 0.372 e. The predicted octanol–water partition coefficient (Wildman–Crippen LogP) is 6.34. The van der Waals surface area contributed by atoms with Crippen LogP contribution in [0.4, 0.5) is 17.6 Å². The number of aliphatic hydroxyl groups is 1. The number of halogens is 5. The molecule has 2 aromatic heterocycles. The predicted molar refractivity (Wildman–Crippen MR) is 121 cm³/mol. The molecule has 0 radical (unpaired) electrons. The van der Waals surface area contributed by atoms with E-state index in [9.17, 15) is 22.7 Å². The maximum absolute atomic E-state index is 14.4. The van der Waals surface area contributed by atoms with E-state index in [0.717, 1.165) is 5.56 Å². The summed E-state index contributed by atoms with van der Waals surface area (Å²) >= 11 is 3.33. The van der Waals surface area contributed by atoms with Crippen molar-refractivity contribution in [1.82, 2.24) is 14.8 Å². The van der Waals surface area contributed by atoms with E-state index in [1.807, 2.05) is 0 Å². The van der Waals surface area contributed by atoms with E-state index >= 15 is 0 Å². The second-order valence-electron chi connectivity index (χ2n) is 7.73. The fourth-order valence-electron chi connectivity index (χ4n) is 4.07. The van der Waals surface area contributed by atoms with E-state index in [2.05, 4.69) is 26.0 Å². The van der Waals surface area contributed by atoms with Gasteiger partial charge in [0.05, 0.1) is 17.4 Å². The van der Waals surface area contributed by atoms with Crippen LogP contribution in [0.2, 0.25) is 0 Å². The molecule has 1 unspecified atom stereocenters. The number of aromatic amines is 1. The Labute approximate surface area is 193 Å². The van der Waals surface area contributed by atoms with E-state index in [1.54, 1.807) is 18.2 Å². The van der Waals surface area contributed by atoms with Gasteiger partial charge in [-0.2, -0.15) is 18.3 Å². The van der Waals surface area contributed by atoms with E-state index in [-0.39, 0.29) is 16.5 Å². The van der Waals surface area contributed by atoms with Crippen molar-refractivity contribution in [3.8, 4) is 5.69 Å². The van der Waals surface area contributed by atoms with Crippen LogP contribution < -0.4 is 0 Å². The monoisotopic (exact) mass is 517 g/mol. The second kappa shape index (κ2) is 7.71. The summed E-state index contributed by atoms with van der Waals surface area (Å²) in [6.45, 7) is 0. The van der Waals surface area contributed by atoms with Gasteiger partial charge < -0.3 is 10.1 Å². The van der Waals surface area contributed by atoms with Crippen molar-refractivity contribution in [1.29, 1.82) is 0 Å². The molecule has 168 valence electrons. The lowest BCUT2D eigenvalue weighted by Gasteiger charge is -2.31. The molecule has 0 saturated carbocycles. The molecule has 0 aliphatic carbocycles. The Kier molecular flexibility index (Phi) is 5.06. The van der Waals surface area contributed by atoms with Gasteiger partial charge in [0.15, 0.2) is 0 Å². The SMILES string of the molecule is OC(c1ccc2c(cnn2-c2ccc(F)cc2)c1)(c1c[nH]c2cc(CBr)ccc12)C(F)(F)F. The first kappa shape index (κ1) is 21.7. The number of nitrogens with zero attached hydrogens (tertiary/aromatic N) is 2. The molecule has 0 saturated heterocycles. The van der Waals surface area contributed by atoms with Gasteiger partial charge >= 0.3 is 6.18 Å². The second-order valence-corrected chi connectivity index (χ2v) is 8.29. The molecule has 1 atom stereocenters. The Balaban J connectivity index is 1.67. The fourth-order valence-corrected chi connectivity index (χ4v) is 4.42. The zero-order chi connectivity index (χ0) is 23.4. The van der Waals surface area contributed by atoms with E-state index in [0.29, 0.717) is 27.4 Å². The largest absolute Gasteiger partial charge is 0.425 e. The fraction of sp³-hybridized carbons (Fsp3) is 0.125. The molecule has 2 heterocycles. The summed E-state index contributed by atoms with van der Waals surface area (Å²) < 4.78 is 58.0. The topological polar surface area (TPSA) is 53.8 Å². The molecule has 5 rings (SSSR count). The van der Waals surface area contributed by atoms with Crippen LogP contribution in [0, 0.1) is 5.82 Å². The average molecular weight is 518 g/mol. The van der Waals surface area contributed by atoms with E-state index in [1.165, 1.54) is 59.5 Å². The van der Waals surface area contributed by atoms with Crippen LogP contribution in [0.1, 0.15) is 16.7 Å². The van der Waals surface area contributed by atoms with Gasteiger partial charge in [0.25, 0.3) is 0 Å². The highest BCUT2D eigenvalue weighted by Gasteiger charge is 2.57. The zero-order valence-electron chi connectivity index (χ0n) is 16.9. The maximum atomic E-state index is 14.4. The van der Waals surface area contributed by atoms with E-state index in [4.69, 9.17) is 0 Å². The van der Waals surface area contributed by atoms with Crippen LogP contribution >= 0.6 is 15.9 Å². The number of fused-ring (bicyclic) bond motifs is 2. The Hall–Kier alpha value is -3.17. The minimum atomic E-state index is -4.99. The summed E-state index contributed by atoms with van der Waals surface area (Å²) in [5.41, 5.74) is -1.38. The summed E-state index contributed by atoms with van der Waals surface area (Å²) in [5, 5.41) is 16.7. The number of benzene rings is 3. The Morgan fingerprint density at radius 2 is 1.76 bits per heavy atom. The van der Waals surface area contributed by atoms with Gasteiger partial charge in [0, 0.05) is 33.4 Å². The van der Waals surface area contributed by atoms with Crippen LogP contribution in [-0.2, 0) is 10.9 Å². The van der Waals surface area contributed by atoms with Gasteiger partial charge in [-0.15, -0.1) is 0 Å². The van der Waals surface area contributed by atoms with E-state index < -0.39 is 17.6 Å². The Morgan fingerprint density at radius 3 is 2.45 bits per heavy atom. The molecule has 0 aliphatic heterocycles. The molecule has 2 N–H and O–H groups in total. The number of hydrogen-bond donors (Lipinski definition) is 2. The molecule has 0 bridgehead atoms. The first-order valence-electron chi connectivity index (χ1n) is 9.92. The minimum absolute atomic E-state index is 0.279. The molecular weight excluding hydrogens is 502 g/mol. The summed E-state index contributed by atoms with van der Waals surface area (Å²) in [5.74, 6) is -0.408. The molecule has 4 nitrogen and oxygen atoms in total. The molecule has 0 aliphatic rings. The summed E-state index contributed by atoms with van der Waals surface area (Å²) in [4.78, 5) is 2.85. The lowest BCUT2D eigenvalue weighted by atomic mass is 9.85. The number of H-pyrrole nitrogens is 1. The highest BCUT2D eigenvalue weighted by molar-refractivity contribution is 9.08. The number of rotatable bonds is 4. The zero-order valence-corrected chi connectivity index (χ0v) is 18.5. The average Bonchev–Trinajstić information content (AvgIpc) is 3.42. The van der Waals surface area contributed by atoms with Crippen molar-refractivity contribution in [2.75, 3.05) is 0 Å². The molecule has 5 aromatic rings. The maximum Gasteiger partial charge on any atom is 0.425 e. The minimum Gasteiger partial charge on any atom is -0.372 e. The molecule has 0 fully saturated rings. The number of aromatic nitrogens is 3. The molecule has 0 amide bonds. The summed E-state index contributed by atoms with van der Waals surface area (Å²) in [6, 6.07) is 14.6. The lowest BCUT2D eigenvalue weighted by Crippen LogP contribution is -2.43. The summed E-state index contributed by atoms with van der Waals surface area (Å²) in [6.07, 6.45) is -2.38. The lowest BCUT2D eigenvalue weighted by molar-refractivity contribution is -0.247. The molecule has 3 aromatic carbocycles. The van der Waals surface area contributed by atoms with Crippen molar-refractivity contribution < 1.29 is 22.7 Å². The van der Waals surface area contributed by atoms with Crippen LogP contribution in [0.25, 0.3) is 27.5 Å². The molecule has 0 spiro atoms. The number of alkyl halides is 4. The highest BCUT2D eigenvalue weighted by atomic mass is 79.9. The van der Waals surface area contributed by atoms with Crippen molar-refractivity contribution in [3.05, 3.63) is 95.6 Å². The van der Waals surface area contributed by atoms with Crippen molar-refractivity contribution >= 4 is 37.7 Å². The van der Waals surface area contributed by atoms with Gasteiger partial charge in [0.2, 0.25) is 5.60 Å². The van der Waals surface area contributed by atoms with Gasteiger partial charge in [-0.3, -0.25) is 0 Å². The number of hydrogen-bond acceptors (Lipinski definition) is 2. The standard InChI is InChI=1S/C24H16BrF4N3O/c25-11-14-1-7-19-20(13-30-21(19)9-14)23(33,24(27,28)29)16-2-8-22-15(10-16)12-31-32(22)18-5-3-17(26)4-6-18/h1-10,12-13,30,33H,11H2. The Morgan fingerprint density at radius 1 is 1.00 bits per heavy atom. The van der Waals surface area contributed by atoms with Gasteiger partial charge in [-0.05, 0) is 53.6 Å². The van der Waals surface area contributed by atoms with Crippen molar-refractivity contribution in [3.63, 3.8) is 0 Å². The van der Waals surface area contributed by atoms with Crippen LogP contribution in [-0.4, -0.2) is 26.0 Å². The van der Waals surface area contributed by atoms with Gasteiger partial charge in [-0.25, -0.2) is 9.07 Å². The van der Waals surface area contributed by atoms with Crippen LogP contribution in [0.5, 0.6) is 0 Å².